The van der Waals surface area contributed by atoms with Crippen LogP contribution in [0.15, 0.2) is 21.7 Å². The predicted molar refractivity (Wildman–Crippen MR) is 101 cm³/mol. The number of nitrogens with one attached hydrogen (secondary N) is 1. The van der Waals surface area contributed by atoms with Crippen molar-refractivity contribution in [1.29, 1.82) is 0 Å². The van der Waals surface area contributed by atoms with Crippen LogP contribution in [0.1, 0.15) is 47.7 Å². The number of ether oxygens (including phenoxy) is 2. The summed E-state index contributed by atoms with van der Waals surface area (Å²) in [5.74, 6) is 0.467. The van der Waals surface area contributed by atoms with Gasteiger partial charge < -0.3 is 24.4 Å². The fourth-order valence-electron chi connectivity index (χ4n) is 3.78. The Morgan fingerprint density at radius 2 is 1.97 bits per heavy atom. The third kappa shape index (κ3) is 3.16. The van der Waals surface area contributed by atoms with Gasteiger partial charge in [0.15, 0.2) is 17.3 Å². The molecule has 10 heteroatoms. The number of nitrogens with zero attached hydrogens (tertiary/aromatic N) is 2. The molecule has 0 unspecified atom stereocenters. The molecule has 1 aliphatic carbocycles. The van der Waals surface area contributed by atoms with Crippen LogP contribution in [0.25, 0.3) is 0 Å². The lowest BCUT2D eigenvalue weighted by atomic mass is 9.75. The minimum atomic E-state index is -0.644. The largest absolute Gasteiger partial charge is 0.455 e. The van der Waals surface area contributed by atoms with Crippen LogP contribution in [-0.2, 0) is 6.42 Å². The van der Waals surface area contributed by atoms with E-state index in [2.05, 4.69) is 10.5 Å². The second-order valence-electron chi connectivity index (χ2n) is 7.85. The lowest BCUT2D eigenvalue weighted by Crippen LogP contribution is -2.27. The molecule has 1 aromatic carbocycles. The minimum absolute atomic E-state index is 0.0146. The highest BCUT2D eigenvalue weighted by molar-refractivity contribution is 6.09. The number of anilines is 1. The molecule has 0 saturated heterocycles. The lowest BCUT2D eigenvalue weighted by Gasteiger charge is -2.28. The SMILES string of the molecule is Cc1c(C(=O)Nc2cc3c(cc2[N+](=O)[O-])OCO3)oc2c1/C(=N\O)CC(C)(C)C2. The molecule has 29 heavy (non-hydrogen) atoms. The number of benzene rings is 1. The normalized spacial score (nSPS) is 17.8. The molecule has 152 valence electrons. The first kappa shape index (κ1) is 18.8. The Morgan fingerprint density at radius 3 is 2.62 bits per heavy atom. The molecule has 0 fully saturated rings. The van der Waals surface area contributed by atoms with E-state index in [0.29, 0.717) is 41.2 Å². The molecule has 2 aromatic rings. The van der Waals surface area contributed by atoms with Gasteiger partial charge in [-0.3, -0.25) is 14.9 Å². The van der Waals surface area contributed by atoms with E-state index in [0.717, 1.165) is 0 Å². The molecule has 0 spiro atoms. The van der Waals surface area contributed by atoms with Crippen molar-refractivity contribution in [2.45, 2.75) is 33.6 Å². The highest BCUT2D eigenvalue weighted by Crippen LogP contribution is 2.42. The maximum Gasteiger partial charge on any atom is 0.296 e. The topological polar surface area (TPSA) is 136 Å². The summed E-state index contributed by atoms with van der Waals surface area (Å²) in [4.78, 5) is 23.7. The van der Waals surface area contributed by atoms with Gasteiger partial charge in [-0.25, -0.2) is 0 Å². The molecule has 0 atom stereocenters. The summed E-state index contributed by atoms with van der Waals surface area (Å²) < 4.78 is 16.2. The number of amides is 1. The quantitative estimate of drug-likeness (QED) is 0.455. The first-order valence-corrected chi connectivity index (χ1v) is 8.93. The molecule has 2 aliphatic rings. The number of nitro groups is 1. The zero-order chi connectivity index (χ0) is 20.9. The highest BCUT2D eigenvalue weighted by atomic mass is 16.7. The summed E-state index contributed by atoms with van der Waals surface area (Å²) in [6, 6.07) is 2.55. The molecule has 1 aromatic heterocycles. The van der Waals surface area contributed by atoms with Crippen LogP contribution < -0.4 is 14.8 Å². The van der Waals surface area contributed by atoms with Crippen molar-refractivity contribution < 1.29 is 28.8 Å². The van der Waals surface area contributed by atoms with Crippen molar-refractivity contribution in [2.75, 3.05) is 12.1 Å². The molecule has 0 radical (unpaired) electrons. The van der Waals surface area contributed by atoms with Crippen LogP contribution in [0.5, 0.6) is 11.5 Å². The van der Waals surface area contributed by atoms with Crippen molar-refractivity contribution in [3.8, 4) is 11.5 Å². The van der Waals surface area contributed by atoms with Gasteiger partial charge in [0.05, 0.1) is 16.7 Å². The van der Waals surface area contributed by atoms with E-state index in [-0.39, 0.29) is 35.1 Å². The van der Waals surface area contributed by atoms with Crippen LogP contribution in [-0.4, -0.2) is 28.5 Å². The molecule has 0 saturated carbocycles. The molecule has 1 amide bonds. The number of carbonyl (C=O) groups is 1. The third-order valence-electron chi connectivity index (χ3n) is 5.06. The summed E-state index contributed by atoms with van der Waals surface area (Å²) in [5, 5.41) is 26.7. The number of furan rings is 1. The van der Waals surface area contributed by atoms with Gasteiger partial charge in [0, 0.05) is 23.6 Å². The Kier molecular flexibility index (Phi) is 4.21. The number of fused-ring (bicyclic) bond motifs is 2. The summed E-state index contributed by atoms with van der Waals surface area (Å²) in [6.45, 7) is 5.66. The lowest BCUT2D eigenvalue weighted by molar-refractivity contribution is -0.384. The number of hydrogen-bond acceptors (Lipinski definition) is 8. The number of oxime groups is 1. The average Bonchev–Trinajstić information content (AvgIpc) is 3.23. The van der Waals surface area contributed by atoms with Crippen LogP contribution in [0.2, 0.25) is 0 Å². The van der Waals surface area contributed by atoms with E-state index in [1.54, 1.807) is 6.92 Å². The van der Waals surface area contributed by atoms with Gasteiger partial charge in [-0.1, -0.05) is 19.0 Å². The zero-order valence-electron chi connectivity index (χ0n) is 16.1. The Bertz CT molecular complexity index is 1070. The maximum atomic E-state index is 12.9. The fourth-order valence-corrected chi connectivity index (χ4v) is 3.78. The average molecular weight is 401 g/mol. The van der Waals surface area contributed by atoms with Gasteiger partial charge in [0.2, 0.25) is 6.79 Å². The second-order valence-corrected chi connectivity index (χ2v) is 7.85. The second kappa shape index (κ2) is 6.50. The number of hydrogen-bond donors (Lipinski definition) is 2. The number of rotatable bonds is 3. The molecular formula is C19H19N3O7. The van der Waals surface area contributed by atoms with Gasteiger partial charge >= 0.3 is 0 Å². The van der Waals surface area contributed by atoms with Crippen molar-refractivity contribution in [2.24, 2.45) is 10.6 Å². The summed E-state index contributed by atoms with van der Waals surface area (Å²) in [6.07, 6.45) is 1.10. The maximum absolute atomic E-state index is 12.9. The predicted octanol–water partition coefficient (Wildman–Crippen LogP) is 3.63. The van der Waals surface area contributed by atoms with E-state index in [9.17, 15) is 20.1 Å². The van der Waals surface area contributed by atoms with Gasteiger partial charge in [0.1, 0.15) is 11.4 Å². The van der Waals surface area contributed by atoms with Crippen molar-refractivity contribution in [3.63, 3.8) is 0 Å². The fraction of sp³-hybridized carbons (Fsp3) is 0.368. The molecule has 0 bridgehead atoms. The number of nitro benzene ring substituents is 1. The van der Waals surface area contributed by atoms with E-state index < -0.39 is 10.8 Å². The zero-order valence-corrected chi connectivity index (χ0v) is 16.1. The van der Waals surface area contributed by atoms with Crippen molar-refractivity contribution in [3.05, 3.63) is 44.9 Å². The smallest absolute Gasteiger partial charge is 0.296 e. The summed E-state index contributed by atoms with van der Waals surface area (Å²) >= 11 is 0. The van der Waals surface area contributed by atoms with Gasteiger partial charge in [0.25, 0.3) is 11.6 Å². The van der Waals surface area contributed by atoms with Crippen LogP contribution in [0.3, 0.4) is 0 Å². The first-order valence-electron chi connectivity index (χ1n) is 8.93. The third-order valence-corrected chi connectivity index (χ3v) is 5.06. The molecule has 4 rings (SSSR count). The molecular weight excluding hydrogens is 382 g/mol. The molecule has 2 heterocycles. The monoisotopic (exact) mass is 401 g/mol. The van der Waals surface area contributed by atoms with E-state index in [1.165, 1.54) is 12.1 Å². The van der Waals surface area contributed by atoms with Gasteiger partial charge in [-0.2, -0.15) is 0 Å². The Morgan fingerprint density at radius 1 is 1.28 bits per heavy atom. The van der Waals surface area contributed by atoms with Gasteiger partial charge in [-0.05, 0) is 18.8 Å². The van der Waals surface area contributed by atoms with Crippen LogP contribution in [0.4, 0.5) is 11.4 Å². The van der Waals surface area contributed by atoms with Crippen molar-refractivity contribution >= 4 is 23.0 Å². The van der Waals surface area contributed by atoms with E-state index in [4.69, 9.17) is 13.9 Å². The van der Waals surface area contributed by atoms with E-state index >= 15 is 0 Å². The molecule has 1 aliphatic heterocycles. The minimum Gasteiger partial charge on any atom is -0.455 e. The Balaban J connectivity index is 1.71. The van der Waals surface area contributed by atoms with Gasteiger partial charge in [-0.15, -0.1) is 0 Å². The first-order chi connectivity index (χ1) is 13.7. The highest BCUT2D eigenvalue weighted by Gasteiger charge is 2.36. The summed E-state index contributed by atoms with van der Waals surface area (Å²) in [7, 11) is 0. The molecule has 2 N–H and O–H groups in total. The van der Waals surface area contributed by atoms with E-state index in [1.807, 2.05) is 13.8 Å². The Labute approximate surface area is 165 Å². The summed E-state index contributed by atoms with van der Waals surface area (Å²) in [5.41, 5.74) is 1.03. The van der Waals surface area contributed by atoms with Crippen LogP contribution in [0, 0.1) is 22.5 Å². The standard InChI is InChI=1S/C19H19N3O7/c1-9-16-11(21-24)6-19(2,3)7-15(16)29-17(9)18(23)20-10-4-13-14(28-8-27-13)5-12(10)22(25)26/h4-5,24H,6-8H2,1-3H3,(H,20,23)/b21-11-. The Hall–Kier alpha value is -3.56. The van der Waals surface area contributed by atoms with Crippen molar-refractivity contribution in [1.82, 2.24) is 0 Å². The van der Waals surface area contributed by atoms with Crippen LogP contribution >= 0.6 is 0 Å². The molecule has 10 nitrogen and oxygen atoms in total. The number of carbonyl (C=O) groups excluding carboxylic acids is 1.